The van der Waals surface area contributed by atoms with Crippen molar-refractivity contribution in [1.82, 2.24) is 5.32 Å². The molecule has 0 bridgehead atoms. The Morgan fingerprint density at radius 3 is 1.08 bits per heavy atom. The highest BCUT2D eigenvalue weighted by Crippen LogP contribution is 2.16. The van der Waals surface area contributed by atoms with Crippen molar-refractivity contribution in [2.24, 2.45) is 0 Å². The highest BCUT2D eigenvalue weighted by molar-refractivity contribution is 5.76. The molecule has 0 heterocycles. The maximum atomic E-state index is 12.4. The van der Waals surface area contributed by atoms with E-state index < -0.39 is 12.1 Å². The fourth-order valence-electron chi connectivity index (χ4n) is 7.65. The lowest BCUT2D eigenvalue weighted by Crippen LogP contribution is -2.45. The first-order valence-corrected chi connectivity index (χ1v) is 26.3. The van der Waals surface area contributed by atoms with E-state index >= 15 is 0 Å². The first kappa shape index (κ1) is 58.6. The molecule has 0 aliphatic heterocycles. The Labute approximate surface area is 380 Å². The van der Waals surface area contributed by atoms with Crippen LogP contribution in [0.4, 0.5) is 0 Å². The molecule has 0 aliphatic carbocycles. The number of nitrogens with one attached hydrogen (secondary N) is 1. The SMILES string of the molecule is CC/C=C\C/C=C\C/C=C\C/C=C\C/C=C\C/C=C\CCCCCCCCCCCCCCCCC(=O)NC(CO)C(O)/C=C/CCCCCCCCCCCCCCCC. The summed E-state index contributed by atoms with van der Waals surface area (Å²) in [5, 5.41) is 23.1. The van der Waals surface area contributed by atoms with Crippen LogP contribution in [0, 0.1) is 0 Å². The summed E-state index contributed by atoms with van der Waals surface area (Å²) in [5.74, 6) is -0.0663. The maximum absolute atomic E-state index is 12.4. The van der Waals surface area contributed by atoms with Gasteiger partial charge in [-0.05, 0) is 70.6 Å². The van der Waals surface area contributed by atoms with Crippen molar-refractivity contribution in [3.63, 3.8) is 0 Å². The molecule has 0 saturated carbocycles. The number of carbonyl (C=O) groups is 1. The lowest BCUT2D eigenvalue weighted by Gasteiger charge is -2.20. The van der Waals surface area contributed by atoms with Crippen LogP contribution in [0.25, 0.3) is 0 Å². The molecule has 0 saturated heterocycles. The first-order valence-electron chi connectivity index (χ1n) is 26.3. The van der Waals surface area contributed by atoms with E-state index in [1.807, 2.05) is 6.08 Å². The number of aliphatic hydroxyl groups is 2. The van der Waals surface area contributed by atoms with Gasteiger partial charge in [-0.3, -0.25) is 4.79 Å². The Hall–Kier alpha value is -2.43. The molecule has 0 aromatic rings. The van der Waals surface area contributed by atoms with Gasteiger partial charge in [-0.15, -0.1) is 0 Å². The molecule has 2 atom stereocenters. The van der Waals surface area contributed by atoms with Gasteiger partial charge >= 0.3 is 0 Å². The van der Waals surface area contributed by atoms with Crippen LogP contribution in [0.3, 0.4) is 0 Å². The van der Waals surface area contributed by atoms with Gasteiger partial charge in [-0.2, -0.15) is 0 Å². The van der Waals surface area contributed by atoms with Crippen LogP contribution in [0.5, 0.6) is 0 Å². The van der Waals surface area contributed by atoms with Gasteiger partial charge < -0.3 is 15.5 Å². The molecular weight excluding hydrogens is 747 g/mol. The zero-order chi connectivity index (χ0) is 44.2. The summed E-state index contributed by atoms with van der Waals surface area (Å²) in [6.07, 6.45) is 75.8. The fourth-order valence-corrected chi connectivity index (χ4v) is 7.65. The van der Waals surface area contributed by atoms with Gasteiger partial charge in [-0.1, -0.05) is 259 Å². The fraction of sp³-hybridized carbons (Fsp3) is 0.737. The van der Waals surface area contributed by atoms with E-state index in [2.05, 4.69) is 92.1 Å². The van der Waals surface area contributed by atoms with Gasteiger partial charge in [0, 0.05) is 6.42 Å². The summed E-state index contributed by atoms with van der Waals surface area (Å²) < 4.78 is 0. The summed E-state index contributed by atoms with van der Waals surface area (Å²) in [6, 6.07) is -0.626. The van der Waals surface area contributed by atoms with Crippen LogP contribution in [-0.4, -0.2) is 34.9 Å². The van der Waals surface area contributed by atoms with Crippen LogP contribution < -0.4 is 5.32 Å². The van der Waals surface area contributed by atoms with Crippen LogP contribution in [-0.2, 0) is 4.79 Å². The quantitative estimate of drug-likeness (QED) is 0.0422. The van der Waals surface area contributed by atoms with Crippen molar-refractivity contribution in [2.45, 2.75) is 264 Å². The zero-order valence-corrected chi connectivity index (χ0v) is 40.4. The topological polar surface area (TPSA) is 69.6 Å². The molecule has 352 valence electrons. The second-order valence-corrected chi connectivity index (χ2v) is 17.6. The Morgan fingerprint density at radius 1 is 0.410 bits per heavy atom. The highest BCUT2D eigenvalue weighted by Gasteiger charge is 2.18. The molecule has 4 nitrogen and oxygen atoms in total. The third-order valence-corrected chi connectivity index (χ3v) is 11.6. The molecule has 0 spiro atoms. The van der Waals surface area contributed by atoms with Gasteiger partial charge in [0.1, 0.15) is 0 Å². The summed E-state index contributed by atoms with van der Waals surface area (Å²) in [5.41, 5.74) is 0. The molecule has 0 aromatic heterocycles. The van der Waals surface area contributed by atoms with Crippen molar-refractivity contribution >= 4 is 5.91 Å². The second-order valence-electron chi connectivity index (χ2n) is 17.6. The number of unbranched alkanes of at least 4 members (excludes halogenated alkanes) is 28. The molecule has 61 heavy (non-hydrogen) atoms. The van der Waals surface area contributed by atoms with E-state index in [1.54, 1.807) is 6.08 Å². The molecule has 0 rings (SSSR count). The molecule has 4 heteroatoms. The van der Waals surface area contributed by atoms with E-state index in [4.69, 9.17) is 0 Å². The average Bonchev–Trinajstić information content (AvgIpc) is 3.26. The van der Waals surface area contributed by atoms with Gasteiger partial charge in [0.2, 0.25) is 5.91 Å². The largest absolute Gasteiger partial charge is 0.394 e. The van der Waals surface area contributed by atoms with Crippen molar-refractivity contribution < 1.29 is 15.0 Å². The summed E-state index contributed by atoms with van der Waals surface area (Å²) >= 11 is 0. The predicted octanol–water partition coefficient (Wildman–Crippen LogP) is 17.2. The summed E-state index contributed by atoms with van der Waals surface area (Å²) in [4.78, 5) is 12.4. The second kappa shape index (κ2) is 51.9. The standard InChI is InChI=1S/C57H101NO3/c1-3-5-7-9-11-13-15-17-19-21-22-23-24-25-26-27-28-29-30-31-32-33-34-35-36-37-39-41-43-45-47-49-51-53-57(61)58-55(54-59)56(60)52-50-48-46-44-42-40-38-20-18-16-14-12-10-8-6-4-2/h5,7,11,13,17,19,22-23,25-26,28-29,50,52,55-56,59-60H,3-4,6,8-10,12,14-16,18,20-21,24,27,30-49,51,53-54H2,1-2H3,(H,58,61)/b7-5-,13-11-,19-17-,23-22-,26-25-,29-28-,52-50+. The molecule has 0 aliphatic rings. The van der Waals surface area contributed by atoms with Crippen molar-refractivity contribution in [2.75, 3.05) is 6.61 Å². The van der Waals surface area contributed by atoms with E-state index in [0.717, 1.165) is 64.2 Å². The Morgan fingerprint density at radius 2 is 0.721 bits per heavy atom. The minimum absolute atomic E-state index is 0.0663. The number of hydrogen-bond donors (Lipinski definition) is 3. The van der Waals surface area contributed by atoms with Crippen LogP contribution in [0.15, 0.2) is 85.1 Å². The molecule has 3 N–H and O–H groups in total. The number of aliphatic hydroxyl groups excluding tert-OH is 2. The normalized spacial score (nSPS) is 13.6. The van der Waals surface area contributed by atoms with Crippen molar-refractivity contribution in [3.8, 4) is 0 Å². The van der Waals surface area contributed by atoms with Gasteiger partial charge in [0.15, 0.2) is 0 Å². The smallest absolute Gasteiger partial charge is 0.220 e. The molecule has 1 amide bonds. The first-order chi connectivity index (χ1) is 30.2. The molecular formula is C57H101NO3. The van der Waals surface area contributed by atoms with E-state index in [1.165, 1.54) is 167 Å². The summed E-state index contributed by atoms with van der Waals surface area (Å²) in [6.45, 7) is 4.20. The number of allylic oxidation sites excluding steroid dienone is 13. The van der Waals surface area contributed by atoms with Gasteiger partial charge in [0.25, 0.3) is 0 Å². The van der Waals surface area contributed by atoms with E-state index in [-0.39, 0.29) is 12.5 Å². The molecule has 0 fully saturated rings. The predicted molar refractivity (Wildman–Crippen MR) is 271 cm³/mol. The number of carbonyl (C=O) groups excluding carboxylic acids is 1. The number of amides is 1. The molecule has 0 aromatic carbocycles. The molecule has 2 unspecified atom stereocenters. The Bertz CT molecular complexity index is 1100. The Kier molecular flexibility index (Phi) is 49.8. The van der Waals surface area contributed by atoms with Gasteiger partial charge in [-0.25, -0.2) is 0 Å². The van der Waals surface area contributed by atoms with Crippen molar-refractivity contribution in [3.05, 3.63) is 85.1 Å². The minimum Gasteiger partial charge on any atom is -0.394 e. The number of hydrogen-bond acceptors (Lipinski definition) is 3. The third-order valence-electron chi connectivity index (χ3n) is 11.6. The zero-order valence-electron chi connectivity index (χ0n) is 40.4. The monoisotopic (exact) mass is 848 g/mol. The highest BCUT2D eigenvalue weighted by atomic mass is 16.3. The third kappa shape index (κ3) is 48.5. The van der Waals surface area contributed by atoms with Crippen molar-refractivity contribution in [1.29, 1.82) is 0 Å². The Balaban J connectivity index is 3.53. The lowest BCUT2D eigenvalue weighted by molar-refractivity contribution is -0.123. The lowest BCUT2D eigenvalue weighted by atomic mass is 10.0. The van der Waals surface area contributed by atoms with E-state index in [0.29, 0.717) is 6.42 Å². The molecule has 0 radical (unpaired) electrons. The minimum atomic E-state index is -0.842. The maximum Gasteiger partial charge on any atom is 0.220 e. The van der Waals surface area contributed by atoms with Crippen LogP contribution >= 0.6 is 0 Å². The van der Waals surface area contributed by atoms with Crippen LogP contribution in [0.2, 0.25) is 0 Å². The average molecular weight is 848 g/mol. The van der Waals surface area contributed by atoms with Gasteiger partial charge in [0.05, 0.1) is 18.8 Å². The van der Waals surface area contributed by atoms with E-state index in [9.17, 15) is 15.0 Å². The summed E-state index contributed by atoms with van der Waals surface area (Å²) in [7, 11) is 0. The number of rotatable bonds is 47. The van der Waals surface area contributed by atoms with Crippen LogP contribution in [0.1, 0.15) is 251 Å².